The second-order valence-electron chi connectivity index (χ2n) is 3.67. The molecule has 0 fully saturated rings. The molecular weight excluding hydrogens is 202 g/mol. The largest absolute Gasteiger partial charge is 0.399 e. The molecule has 2 rings (SSSR count). The van der Waals surface area contributed by atoms with Crippen LogP contribution in [0, 0.1) is 0 Å². The number of anilines is 1. The van der Waals surface area contributed by atoms with Crippen LogP contribution in [0.25, 0.3) is 10.9 Å². The molecule has 0 spiro atoms. The molecule has 0 unspecified atom stereocenters. The number of hydrogen-bond acceptors (Lipinski definition) is 2. The zero-order chi connectivity index (χ0) is 11.7. The van der Waals surface area contributed by atoms with E-state index in [1.54, 1.807) is 7.05 Å². The van der Waals surface area contributed by atoms with E-state index in [-0.39, 0.29) is 5.91 Å². The lowest BCUT2D eigenvalue weighted by Crippen LogP contribution is -2.21. The molecule has 2 aromatic rings. The topological polar surface area (TPSA) is 60.0 Å². The first-order valence-electron chi connectivity index (χ1n) is 5.28. The van der Waals surface area contributed by atoms with Crippen molar-refractivity contribution < 1.29 is 4.79 Å². The van der Waals surface area contributed by atoms with E-state index in [1.807, 2.05) is 35.8 Å². The molecule has 0 aliphatic carbocycles. The van der Waals surface area contributed by atoms with Crippen molar-refractivity contribution in [3.05, 3.63) is 30.0 Å². The number of benzene rings is 1. The fourth-order valence-electron chi connectivity index (χ4n) is 1.93. The quantitative estimate of drug-likeness (QED) is 0.751. The van der Waals surface area contributed by atoms with Gasteiger partial charge in [-0.1, -0.05) is 6.07 Å². The highest BCUT2D eigenvalue weighted by Crippen LogP contribution is 2.22. The zero-order valence-corrected chi connectivity index (χ0v) is 9.45. The summed E-state index contributed by atoms with van der Waals surface area (Å²) in [5.74, 6) is -0.0726. The molecule has 1 aromatic carbocycles. The Balaban J connectivity index is 2.71. The van der Waals surface area contributed by atoms with Crippen LogP contribution in [0.15, 0.2) is 24.3 Å². The number of fused-ring (bicyclic) bond motifs is 1. The first kappa shape index (κ1) is 10.5. The lowest BCUT2D eigenvalue weighted by molar-refractivity contribution is 0.0954. The molecule has 1 amide bonds. The minimum absolute atomic E-state index is 0.0726. The molecule has 3 N–H and O–H groups in total. The van der Waals surface area contributed by atoms with Crippen LogP contribution in [0.1, 0.15) is 17.4 Å². The lowest BCUT2D eigenvalue weighted by Gasteiger charge is -2.06. The third-order valence-electron chi connectivity index (χ3n) is 2.70. The molecular formula is C12H15N3O. The predicted octanol–water partition coefficient (Wildman–Crippen LogP) is 1.60. The third-order valence-corrected chi connectivity index (χ3v) is 2.70. The summed E-state index contributed by atoms with van der Waals surface area (Å²) in [5.41, 5.74) is 8.14. The molecule has 0 aliphatic rings. The van der Waals surface area contributed by atoms with Crippen LogP contribution in [-0.2, 0) is 6.54 Å². The van der Waals surface area contributed by atoms with E-state index < -0.39 is 0 Å². The summed E-state index contributed by atoms with van der Waals surface area (Å²) in [5, 5.41) is 3.68. The number of amides is 1. The van der Waals surface area contributed by atoms with Crippen molar-refractivity contribution in [3.8, 4) is 0 Å². The fraction of sp³-hybridized carbons (Fsp3) is 0.250. The van der Waals surface area contributed by atoms with E-state index in [0.717, 1.165) is 17.4 Å². The van der Waals surface area contributed by atoms with Gasteiger partial charge in [0.1, 0.15) is 5.69 Å². The molecule has 0 radical (unpaired) electrons. The summed E-state index contributed by atoms with van der Waals surface area (Å²) in [6.07, 6.45) is 0. The molecule has 1 aromatic heterocycles. The number of nitrogen functional groups attached to an aromatic ring is 1. The van der Waals surface area contributed by atoms with Crippen molar-refractivity contribution in [1.82, 2.24) is 9.88 Å². The molecule has 0 saturated carbocycles. The van der Waals surface area contributed by atoms with Crippen molar-refractivity contribution in [2.24, 2.45) is 0 Å². The Morgan fingerprint density at radius 2 is 2.19 bits per heavy atom. The normalized spacial score (nSPS) is 10.6. The summed E-state index contributed by atoms with van der Waals surface area (Å²) in [6, 6.07) is 7.56. The third kappa shape index (κ3) is 1.52. The Morgan fingerprint density at radius 3 is 2.81 bits per heavy atom. The summed E-state index contributed by atoms with van der Waals surface area (Å²) in [6.45, 7) is 2.75. The van der Waals surface area contributed by atoms with E-state index in [1.165, 1.54) is 0 Å². The average molecular weight is 217 g/mol. The number of nitrogens with zero attached hydrogens (tertiary/aromatic N) is 1. The summed E-state index contributed by atoms with van der Waals surface area (Å²) in [7, 11) is 1.63. The highest BCUT2D eigenvalue weighted by molar-refractivity contribution is 5.99. The van der Waals surface area contributed by atoms with Gasteiger partial charge in [0.25, 0.3) is 5.91 Å². The van der Waals surface area contributed by atoms with Gasteiger partial charge in [-0.3, -0.25) is 4.79 Å². The predicted molar refractivity (Wildman–Crippen MR) is 65.4 cm³/mol. The van der Waals surface area contributed by atoms with Crippen LogP contribution < -0.4 is 11.1 Å². The van der Waals surface area contributed by atoms with Crippen molar-refractivity contribution in [2.75, 3.05) is 12.8 Å². The van der Waals surface area contributed by atoms with E-state index in [0.29, 0.717) is 11.4 Å². The highest BCUT2D eigenvalue weighted by atomic mass is 16.1. The SMILES string of the molecule is CCn1c(C(=O)NC)cc2ccc(N)cc21. The lowest BCUT2D eigenvalue weighted by atomic mass is 10.2. The van der Waals surface area contributed by atoms with Crippen LogP contribution in [0.2, 0.25) is 0 Å². The van der Waals surface area contributed by atoms with Crippen molar-refractivity contribution in [1.29, 1.82) is 0 Å². The summed E-state index contributed by atoms with van der Waals surface area (Å²) >= 11 is 0. The maximum absolute atomic E-state index is 11.7. The van der Waals surface area contributed by atoms with Crippen LogP contribution >= 0.6 is 0 Å². The van der Waals surface area contributed by atoms with Crippen molar-refractivity contribution in [2.45, 2.75) is 13.5 Å². The number of carbonyl (C=O) groups excluding carboxylic acids is 1. The van der Waals surface area contributed by atoms with Gasteiger partial charge in [-0.15, -0.1) is 0 Å². The van der Waals surface area contributed by atoms with Gasteiger partial charge in [0.2, 0.25) is 0 Å². The highest BCUT2D eigenvalue weighted by Gasteiger charge is 2.13. The number of aryl methyl sites for hydroxylation is 1. The maximum Gasteiger partial charge on any atom is 0.267 e. The first-order valence-corrected chi connectivity index (χ1v) is 5.28. The molecule has 4 heteroatoms. The van der Waals surface area contributed by atoms with Crippen LogP contribution in [0.3, 0.4) is 0 Å². The van der Waals surface area contributed by atoms with Gasteiger partial charge >= 0.3 is 0 Å². The number of rotatable bonds is 2. The molecule has 16 heavy (non-hydrogen) atoms. The summed E-state index contributed by atoms with van der Waals surface area (Å²) in [4.78, 5) is 11.7. The standard InChI is InChI=1S/C12H15N3O/c1-3-15-10-7-9(13)5-4-8(10)6-11(15)12(16)14-2/h4-7H,3,13H2,1-2H3,(H,14,16). The Labute approximate surface area is 94.0 Å². The maximum atomic E-state index is 11.7. The van der Waals surface area contributed by atoms with Gasteiger partial charge in [0.15, 0.2) is 0 Å². The first-order chi connectivity index (χ1) is 7.67. The van der Waals surface area contributed by atoms with Crippen molar-refractivity contribution >= 4 is 22.5 Å². The van der Waals surface area contributed by atoms with Gasteiger partial charge < -0.3 is 15.6 Å². The smallest absolute Gasteiger partial charge is 0.267 e. The van der Waals surface area contributed by atoms with Crippen LogP contribution in [-0.4, -0.2) is 17.5 Å². The minimum Gasteiger partial charge on any atom is -0.399 e. The number of nitrogens with two attached hydrogens (primary N) is 1. The van der Waals surface area contributed by atoms with Crippen LogP contribution in [0.4, 0.5) is 5.69 Å². The Hall–Kier alpha value is -1.97. The molecule has 4 nitrogen and oxygen atoms in total. The van der Waals surface area contributed by atoms with E-state index in [9.17, 15) is 4.79 Å². The molecule has 0 bridgehead atoms. The molecule has 0 atom stereocenters. The van der Waals surface area contributed by atoms with Gasteiger partial charge in [-0.05, 0) is 25.1 Å². The number of aromatic nitrogens is 1. The number of nitrogens with one attached hydrogen (secondary N) is 1. The summed E-state index contributed by atoms with van der Waals surface area (Å²) < 4.78 is 1.96. The second-order valence-corrected chi connectivity index (χ2v) is 3.67. The Bertz CT molecular complexity index is 542. The average Bonchev–Trinajstić information content (AvgIpc) is 2.65. The van der Waals surface area contributed by atoms with Gasteiger partial charge in [-0.2, -0.15) is 0 Å². The van der Waals surface area contributed by atoms with Gasteiger partial charge in [-0.25, -0.2) is 0 Å². The van der Waals surface area contributed by atoms with E-state index >= 15 is 0 Å². The zero-order valence-electron chi connectivity index (χ0n) is 9.45. The van der Waals surface area contributed by atoms with Gasteiger partial charge in [0, 0.05) is 24.7 Å². The van der Waals surface area contributed by atoms with Crippen molar-refractivity contribution in [3.63, 3.8) is 0 Å². The van der Waals surface area contributed by atoms with E-state index in [2.05, 4.69) is 5.32 Å². The molecule has 1 heterocycles. The molecule has 84 valence electrons. The molecule has 0 saturated heterocycles. The Morgan fingerprint density at radius 1 is 1.44 bits per heavy atom. The monoisotopic (exact) mass is 217 g/mol. The second kappa shape index (κ2) is 3.89. The van der Waals surface area contributed by atoms with E-state index in [4.69, 9.17) is 5.73 Å². The number of carbonyl (C=O) groups is 1. The Kier molecular flexibility index (Phi) is 2.56. The van der Waals surface area contributed by atoms with Gasteiger partial charge in [0.05, 0.1) is 5.52 Å². The number of hydrogen-bond donors (Lipinski definition) is 2. The van der Waals surface area contributed by atoms with Crippen LogP contribution in [0.5, 0.6) is 0 Å². The molecule has 0 aliphatic heterocycles. The fourth-order valence-corrected chi connectivity index (χ4v) is 1.93. The minimum atomic E-state index is -0.0726.